The summed E-state index contributed by atoms with van der Waals surface area (Å²) in [6.45, 7) is 3.87. The van der Waals surface area contributed by atoms with Gasteiger partial charge in [-0.25, -0.2) is 0 Å². The molecular weight excluding hydrogens is 276 g/mol. The summed E-state index contributed by atoms with van der Waals surface area (Å²) in [6.07, 6.45) is 6.00. The maximum atomic E-state index is 12.3. The topological polar surface area (TPSA) is 49.3 Å². The number of nitrogens with zero attached hydrogens (tertiary/aromatic N) is 4. The van der Waals surface area contributed by atoms with Gasteiger partial charge in [-0.2, -0.15) is 0 Å². The zero-order valence-electron chi connectivity index (χ0n) is 12.6. The number of hydrogen-bond acceptors (Lipinski definition) is 4. The third-order valence-electron chi connectivity index (χ3n) is 3.89. The standard InChI is InChI=1S/C17H20N4O/c22-17-6-9-20(13-15-4-3-7-18-12-15)10-11-21(17)14-16-5-1-2-8-19-16/h1-5,7-8,12H,6,9-11,13-14H2. The maximum absolute atomic E-state index is 12.3. The van der Waals surface area contributed by atoms with Gasteiger partial charge in [-0.1, -0.05) is 12.1 Å². The molecule has 3 heterocycles. The van der Waals surface area contributed by atoms with Crippen molar-refractivity contribution >= 4 is 5.91 Å². The lowest BCUT2D eigenvalue weighted by atomic mass is 10.2. The molecule has 114 valence electrons. The quantitative estimate of drug-likeness (QED) is 0.862. The van der Waals surface area contributed by atoms with Crippen molar-refractivity contribution in [1.82, 2.24) is 19.8 Å². The molecule has 5 nitrogen and oxygen atoms in total. The molecular formula is C17H20N4O. The fourth-order valence-electron chi connectivity index (χ4n) is 2.67. The van der Waals surface area contributed by atoms with E-state index in [-0.39, 0.29) is 5.91 Å². The molecule has 0 aliphatic carbocycles. The second-order valence-electron chi connectivity index (χ2n) is 5.52. The summed E-state index contributed by atoms with van der Waals surface area (Å²) in [6, 6.07) is 9.84. The van der Waals surface area contributed by atoms with Gasteiger partial charge in [-0.05, 0) is 23.8 Å². The predicted octanol–water partition coefficient (Wildman–Crippen LogP) is 1.71. The van der Waals surface area contributed by atoms with Crippen LogP contribution in [0.3, 0.4) is 0 Å². The number of pyridine rings is 2. The molecule has 2 aromatic rings. The summed E-state index contributed by atoms with van der Waals surface area (Å²) < 4.78 is 0. The number of hydrogen-bond donors (Lipinski definition) is 0. The van der Waals surface area contributed by atoms with E-state index in [2.05, 4.69) is 20.9 Å². The number of rotatable bonds is 4. The van der Waals surface area contributed by atoms with Crippen LogP contribution in [-0.2, 0) is 17.9 Å². The summed E-state index contributed by atoms with van der Waals surface area (Å²) in [5, 5.41) is 0. The van der Waals surface area contributed by atoms with Crippen molar-refractivity contribution in [2.45, 2.75) is 19.5 Å². The molecule has 0 bridgehead atoms. The highest BCUT2D eigenvalue weighted by Crippen LogP contribution is 2.11. The van der Waals surface area contributed by atoms with Gasteiger partial charge in [-0.15, -0.1) is 0 Å². The van der Waals surface area contributed by atoms with Crippen LogP contribution < -0.4 is 0 Å². The molecule has 0 atom stereocenters. The van der Waals surface area contributed by atoms with E-state index in [1.54, 1.807) is 12.4 Å². The third-order valence-corrected chi connectivity index (χ3v) is 3.89. The zero-order valence-corrected chi connectivity index (χ0v) is 12.6. The van der Waals surface area contributed by atoms with E-state index in [4.69, 9.17) is 0 Å². The molecule has 1 fully saturated rings. The van der Waals surface area contributed by atoms with Crippen LogP contribution in [-0.4, -0.2) is 45.3 Å². The van der Waals surface area contributed by atoms with Crippen LogP contribution in [0.25, 0.3) is 0 Å². The Balaban J connectivity index is 1.59. The Morgan fingerprint density at radius 2 is 1.95 bits per heavy atom. The lowest BCUT2D eigenvalue weighted by Gasteiger charge is -2.21. The summed E-state index contributed by atoms with van der Waals surface area (Å²) in [7, 11) is 0. The molecule has 1 saturated heterocycles. The highest BCUT2D eigenvalue weighted by molar-refractivity contribution is 5.76. The van der Waals surface area contributed by atoms with Crippen molar-refractivity contribution in [3.63, 3.8) is 0 Å². The van der Waals surface area contributed by atoms with Crippen molar-refractivity contribution in [1.29, 1.82) is 0 Å². The lowest BCUT2D eigenvalue weighted by molar-refractivity contribution is -0.131. The smallest absolute Gasteiger partial charge is 0.224 e. The van der Waals surface area contributed by atoms with Gasteiger partial charge in [0.25, 0.3) is 0 Å². The molecule has 0 radical (unpaired) electrons. The number of carbonyl (C=O) groups excluding carboxylic acids is 1. The second kappa shape index (κ2) is 7.13. The summed E-state index contributed by atoms with van der Waals surface area (Å²) in [5.41, 5.74) is 2.13. The van der Waals surface area contributed by atoms with Crippen LogP contribution in [0.15, 0.2) is 48.9 Å². The zero-order chi connectivity index (χ0) is 15.2. The van der Waals surface area contributed by atoms with Crippen molar-refractivity contribution in [2.75, 3.05) is 19.6 Å². The Morgan fingerprint density at radius 3 is 2.73 bits per heavy atom. The Bertz CT molecular complexity index is 603. The molecule has 1 amide bonds. The molecule has 0 saturated carbocycles. The second-order valence-corrected chi connectivity index (χ2v) is 5.52. The molecule has 0 spiro atoms. The SMILES string of the molecule is O=C1CCN(Cc2cccnc2)CCN1Cc1ccccn1. The van der Waals surface area contributed by atoms with Gasteiger partial charge < -0.3 is 4.90 Å². The molecule has 1 aliphatic rings. The van der Waals surface area contributed by atoms with Gasteiger partial charge in [0.15, 0.2) is 0 Å². The minimum Gasteiger partial charge on any atom is -0.335 e. The van der Waals surface area contributed by atoms with Crippen LogP contribution in [0.2, 0.25) is 0 Å². The first-order chi connectivity index (χ1) is 10.8. The minimum absolute atomic E-state index is 0.208. The molecule has 5 heteroatoms. The monoisotopic (exact) mass is 296 g/mol. The maximum Gasteiger partial charge on any atom is 0.224 e. The largest absolute Gasteiger partial charge is 0.335 e. The first kappa shape index (κ1) is 14.7. The Hall–Kier alpha value is -2.27. The van der Waals surface area contributed by atoms with Crippen molar-refractivity contribution in [3.8, 4) is 0 Å². The Labute approximate surface area is 130 Å². The van der Waals surface area contributed by atoms with Crippen LogP contribution in [0.5, 0.6) is 0 Å². The van der Waals surface area contributed by atoms with E-state index in [9.17, 15) is 4.79 Å². The third kappa shape index (κ3) is 3.89. The molecule has 0 aromatic carbocycles. The van der Waals surface area contributed by atoms with Gasteiger partial charge in [0.1, 0.15) is 0 Å². The van der Waals surface area contributed by atoms with Crippen LogP contribution in [0.1, 0.15) is 17.7 Å². The number of aromatic nitrogens is 2. The first-order valence-electron chi connectivity index (χ1n) is 7.60. The average Bonchev–Trinajstić information content (AvgIpc) is 2.73. The van der Waals surface area contributed by atoms with E-state index < -0.39 is 0 Å². The van der Waals surface area contributed by atoms with Crippen LogP contribution in [0, 0.1) is 0 Å². The van der Waals surface area contributed by atoms with E-state index in [0.29, 0.717) is 13.0 Å². The van der Waals surface area contributed by atoms with Crippen molar-refractivity contribution < 1.29 is 4.79 Å². The van der Waals surface area contributed by atoms with Gasteiger partial charge in [0.05, 0.1) is 12.2 Å². The van der Waals surface area contributed by atoms with Gasteiger partial charge >= 0.3 is 0 Å². The molecule has 1 aliphatic heterocycles. The predicted molar refractivity (Wildman–Crippen MR) is 83.8 cm³/mol. The van der Waals surface area contributed by atoms with Gasteiger partial charge in [0.2, 0.25) is 5.91 Å². The highest BCUT2D eigenvalue weighted by atomic mass is 16.2. The van der Waals surface area contributed by atoms with Crippen molar-refractivity contribution in [2.24, 2.45) is 0 Å². The fraction of sp³-hybridized carbons (Fsp3) is 0.353. The van der Waals surface area contributed by atoms with Crippen LogP contribution >= 0.6 is 0 Å². The Kier molecular flexibility index (Phi) is 4.75. The van der Waals surface area contributed by atoms with Crippen LogP contribution in [0.4, 0.5) is 0 Å². The van der Waals surface area contributed by atoms with E-state index in [1.807, 2.05) is 35.4 Å². The molecule has 22 heavy (non-hydrogen) atoms. The minimum atomic E-state index is 0.208. The fourth-order valence-corrected chi connectivity index (χ4v) is 2.67. The van der Waals surface area contributed by atoms with Gasteiger partial charge in [0, 0.05) is 51.2 Å². The number of carbonyl (C=O) groups is 1. The molecule has 3 rings (SSSR count). The summed E-state index contributed by atoms with van der Waals surface area (Å²) in [4.78, 5) is 25.0. The number of amides is 1. The first-order valence-corrected chi connectivity index (χ1v) is 7.60. The average molecular weight is 296 g/mol. The molecule has 0 N–H and O–H groups in total. The molecule has 0 unspecified atom stereocenters. The molecule has 2 aromatic heterocycles. The van der Waals surface area contributed by atoms with E-state index in [0.717, 1.165) is 31.9 Å². The van der Waals surface area contributed by atoms with Crippen molar-refractivity contribution in [3.05, 3.63) is 60.2 Å². The lowest BCUT2D eigenvalue weighted by Crippen LogP contribution is -2.33. The van der Waals surface area contributed by atoms with E-state index >= 15 is 0 Å². The summed E-state index contributed by atoms with van der Waals surface area (Å²) >= 11 is 0. The summed E-state index contributed by atoms with van der Waals surface area (Å²) in [5.74, 6) is 0.208. The van der Waals surface area contributed by atoms with Gasteiger partial charge in [-0.3, -0.25) is 19.7 Å². The highest BCUT2D eigenvalue weighted by Gasteiger charge is 2.21. The van der Waals surface area contributed by atoms with E-state index in [1.165, 1.54) is 5.56 Å². The normalized spacial score (nSPS) is 16.5. The Morgan fingerprint density at radius 1 is 1.00 bits per heavy atom.